The minimum atomic E-state index is 0.502. The van der Waals surface area contributed by atoms with Crippen molar-refractivity contribution in [1.29, 1.82) is 0 Å². The molecule has 1 aromatic rings. The van der Waals surface area contributed by atoms with E-state index in [-0.39, 0.29) is 0 Å². The van der Waals surface area contributed by atoms with Crippen LogP contribution in [0.4, 0.5) is 17.8 Å². The van der Waals surface area contributed by atoms with E-state index in [4.69, 9.17) is 0 Å². The Morgan fingerprint density at radius 1 is 1.00 bits per heavy atom. The summed E-state index contributed by atoms with van der Waals surface area (Å²) in [7, 11) is 5.39. The maximum Gasteiger partial charge on any atom is 0.235 e. The van der Waals surface area contributed by atoms with Crippen LogP contribution < -0.4 is 15.1 Å². The van der Waals surface area contributed by atoms with Crippen molar-refractivity contribution in [2.75, 3.05) is 36.3 Å². The predicted molar refractivity (Wildman–Crippen MR) is 66.6 cm³/mol. The fourth-order valence-electron chi connectivity index (χ4n) is 0.944. The Morgan fingerprint density at radius 3 is 1.75 bits per heavy atom. The molecule has 16 heavy (non-hydrogen) atoms. The van der Waals surface area contributed by atoms with Gasteiger partial charge in [-0.15, -0.1) is 0 Å². The molecule has 1 aromatic heterocycles. The molecule has 0 aliphatic carbocycles. The fourth-order valence-corrected chi connectivity index (χ4v) is 0.944. The lowest BCUT2D eigenvalue weighted by atomic mass is 10.7. The van der Waals surface area contributed by atoms with E-state index in [0.29, 0.717) is 17.8 Å². The highest BCUT2D eigenvalue weighted by Crippen LogP contribution is 2.14. The Hall–Kier alpha value is -2.11. The molecule has 1 rings (SSSR count). The van der Waals surface area contributed by atoms with Gasteiger partial charge in [-0.05, 0) is 12.4 Å². The molecule has 1 N–H and O–H groups in total. The summed E-state index contributed by atoms with van der Waals surface area (Å²) in [4.78, 5) is 16.1. The second-order valence-electron chi connectivity index (χ2n) is 3.10. The first-order valence-corrected chi connectivity index (χ1v) is 4.77. The van der Waals surface area contributed by atoms with E-state index >= 15 is 0 Å². The molecule has 0 aromatic carbocycles. The van der Waals surface area contributed by atoms with Gasteiger partial charge in [0, 0.05) is 21.1 Å². The van der Waals surface area contributed by atoms with Crippen LogP contribution >= 0.6 is 0 Å². The van der Waals surface area contributed by atoms with Crippen molar-refractivity contribution >= 4 is 17.8 Å². The van der Waals surface area contributed by atoms with Gasteiger partial charge in [0.2, 0.25) is 17.8 Å². The maximum atomic E-state index is 4.27. The third kappa shape index (κ3) is 2.47. The van der Waals surface area contributed by atoms with E-state index in [9.17, 15) is 0 Å². The summed E-state index contributed by atoms with van der Waals surface area (Å²) in [5, 5.41) is 2.88. The molecule has 0 saturated carbocycles. The normalized spacial score (nSPS) is 9.44. The van der Waals surface area contributed by atoms with Gasteiger partial charge in [0.25, 0.3) is 0 Å². The first kappa shape index (κ1) is 12.0. The van der Waals surface area contributed by atoms with Crippen LogP contribution in [0.1, 0.15) is 0 Å². The molecule has 0 atom stereocenters. The number of nitrogens with one attached hydrogen (secondary N) is 1. The Morgan fingerprint density at radius 2 is 1.44 bits per heavy atom. The van der Waals surface area contributed by atoms with Crippen molar-refractivity contribution in [3.63, 3.8) is 0 Å². The third-order valence-electron chi connectivity index (χ3n) is 2.01. The van der Waals surface area contributed by atoms with Gasteiger partial charge in [-0.1, -0.05) is 13.2 Å². The predicted octanol–water partition coefficient (Wildman–Crippen LogP) is 1.07. The summed E-state index contributed by atoms with van der Waals surface area (Å²) in [5.74, 6) is 1.55. The highest BCUT2D eigenvalue weighted by Gasteiger charge is 2.09. The summed E-state index contributed by atoms with van der Waals surface area (Å²) in [6, 6.07) is 0. The summed E-state index contributed by atoms with van der Waals surface area (Å²) < 4.78 is 0. The zero-order valence-corrected chi connectivity index (χ0v) is 9.80. The van der Waals surface area contributed by atoms with Crippen LogP contribution in [0.3, 0.4) is 0 Å². The molecule has 0 bridgehead atoms. The number of hydrogen-bond donors (Lipinski definition) is 1. The maximum absolute atomic E-state index is 4.27. The van der Waals surface area contributed by atoms with Gasteiger partial charge < -0.3 is 15.1 Å². The van der Waals surface area contributed by atoms with Crippen LogP contribution in [-0.4, -0.2) is 36.1 Å². The van der Waals surface area contributed by atoms with Crippen LogP contribution in [0, 0.1) is 0 Å². The molecule has 0 unspecified atom stereocenters. The highest BCUT2D eigenvalue weighted by molar-refractivity contribution is 5.46. The van der Waals surface area contributed by atoms with Gasteiger partial charge in [0.05, 0.1) is 0 Å². The lowest BCUT2D eigenvalue weighted by Crippen LogP contribution is -2.18. The van der Waals surface area contributed by atoms with Crippen LogP contribution in [0.5, 0.6) is 0 Å². The van der Waals surface area contributed by atoms with Crippen LogP contribution in [0.2, 0.25) is 0 Å². The fraction of sp³-hybridized carbons (Fsp3) is 0.300. The van der Waals surface area contributed by atoms with Gasteiger partial charge in [0.15, 0.2) is 0 Å². The second kappa shape index (κ2) is 5.11. The van der Waals surface area contributed by atoms with E-state index in [0.717, 1.165) is 0 Å². The van der Waals surface area contributed by atoms with Gasteiger partial charge in [-0.3, -0.25) is 0 Å². The Bertz CT molecular complexity index is 357. The SMILES string of the molecule is C=CN(C)c1nc(NC)nc(N(C)C=C)n1. The van der Waals surface area contributed by atoms with Crippen molar-refractivity contribution in [1.82, 2.24) is 15.0 Å². The zero-order valence-electron chi connectivity index (χ0n) is 9.80. The first-order chi connectivity index (χ1) is 7.62. The van der Waals surface area contributed by atoms with Crippen LogP contribution in [0.25, 0.3) is 0 Å². The lowest BCUT2D eigenvalue weighted by molar-refractivity contribution is 0.949. The van der Waals surface area contributed by atoms with Crippen LogP contribution in [-0.2, 0) is 0 Å². The molecular formula is C10H16N6. The molecule has 6 heteroatoms. The van der Waals surface area contributed by atoms with E-state index < -0.39 is 0 Å². The topological polar surface area (TPSA) is 57.2 Å². The van der Waals surface area contributed by atoms with Gasteiger partial charge in [-0.25, -0.2) is 0 Å². The van der Waals surface area contributed by atoms with E-state index in [1.165, 1.54) is 0 Å². The third-order valence-corrected chi connectivity index (χ3v) is 2.01. The Kier molecular flexibility index (Phi) is 3.82. The van der Waals surface area contributed by atoms with Gasteiger partial charge >= 0.3 is 0 Å². The average Bonchev–Trinajstić information content (AvgIpc) is 2.35. The smallest absolute Gasteiger partial charge is 0.235 e. The van der Waals surface area contributed by atoms with Crippen LogP contribution in [0.15, 0.2) is 25.6 Å². The largest absolute Gasteiger partial charge is 0.357 e. The Labute approximate surface area is 95.3 Å². The second-order valence-corrected chi connectivity index (χ2v) is 3.10. The molecule has 0 spiro atoms. The minimum absolute atomic E-state index is 0.502. The molecule has 0 aliphatic heterocycles. The molecule has 6 nitrogen and oxygen atoms in total. The van der Waals surface area contributed by atoms with Crippen molar-refractivity contribution in [3.8, 4) is 0 Å². The van der Waals surface area contributed by atoms with E-state index in [1.54, 1.807) is 29.2 Å². The van der Waals surface area contributed by atoms with E-state index in [1.807, 2.05) is 14.1 Å². The highest BCUT2D eigenvalue weighted by atomic mass is 15.3. The monoisotopic (exact) mass is 220 g/mol. The molecule has 86 valence electrons. The number of hydrogen-bond acceptors (Lipinski definition) is 6. The van der Waals surface area contributed by atoms with Crippen molar-refractivity contribution in [2.45, 2.75) is 0 Å². The summed E-state index contributed by atoms with van der Waals surface area (Å²) in [6.45, 7) is 7.32. The molecule has 1 heterocycles. The number of aromatic nitrogens is 3. The quantitative estimate of drug-likeness (QED) is 0.801. The molecule has 0 amide bonds. The van der Waals surface area contributed by atoms with E-state index in [2.05, 4.69) is 33.4 Å². The standard InChI is InChI=1S/C10H16N6/c1-6-15(4)9-12-8(11-3)13-10(14-9)16(5)7-2/h6-7H,1-2H2,3-5H3,(H,11,12,13,14). The molecule has 0 saturated heterocycles. The van der Waals surface area contributed by atoms with Crippen molar-refractivity contribution < 1.29 is 0 Å². The van der Waals surface area contributed by atoms with Crippen molar-refractivity contribution in [3.05, 3.63) is 25.6 Å². The number of rotatable bonds is 5. The van der Waals surface area contributed by atoms with Gasteiger partial charge in [0.1, 0.15) is 0 Å². The molecule has 0 aliphatic rings. The first-order valence-electron chi connectivity index (χ1n) is 4.77. The molecular weight excluding hydrogens is 204 g/mol. The Balaban J connectivity index is 3.19. The van der Waals surface area contributed by atoms with Gasteiger partial charge in [-0.2, -0.15) is 15.0 Å². The molecule has 0 fully saturated rings. The number of nitrogens with zero attached hydrogens (tertiary/aromatic N) is 5. The minimum Gasteiger partial charge on any atom is -0.357 e. The molecule has 0 radical (unpaired) electrons. The van der Waals surface area contributed by atoms with Crippen molar-refractivity contribution in [2.24, 2.45) is 0 Å². The average molecular weight is 220 g/mol. The number of anilines is 3. The summed E-state index contributed by atoms with van der Waals surface area (Å²) >= 11 is 0. The lowest BCUT2D eigenvalue weighted by Gasteiger charge is -2.16. The summed E-state index contributed by atoms with van der Waals surface area (Å²) in [6.07, 6.45) is 3.26. The zero-order chi connectivity index (χ0) is 12.1. The summed E-state index contributed by atoms with van der Waals surface area (Å²) in [5.41, 5.74) is 0.